The maximum absolute atomic E-state index is 15.6. The number of rotatable bonds is 4. The lowest BCUT2D eigenvalue weighted by atomic mass is 9.63. The minimum Gasteiger partial charge on any atom is -0.448 e. The van der Waals surface area contributed by atoms with Gasteiger partial charge in [-0.25, -0.2) is 18.4 Å². The average molecular weight is 555 g/mol. The zero-order valence-corrected chi connectivity index (χ0v) is 22.0. The van der Waals surface area contributed by atoms with Crippen molar-refractivity contribution in [1.82, 2.24) is 15.7 Å². The number of amides is 2. The van der Waals surface area contributed by atoms with Crippen LogP contribution in [0.25, 0.3) is 0 Å². The van der Waals surface area contributed by atoms with Gasteiger partial charge in [0, 0.05) is 29.6 Å². The molecule has 0 unspecified atom stereocenters. The van der Waals surface area contributed by atoms with E-state index < -0.39 is 52.8 Å². The van der Waals surface area contributed by atoms with Crippen LogP contribution in [0.3, 0.4) is 0 Å². The molecule has 2 aromatic carbocycles. The third-order valence-electron chi connectivity index (χ3n) is 6.27. The normalized spacial score (nSPS) is 23.3. The molecular formula is C25H26Cl2F2N4O4. The number of nitrogens with zero attached hydrogens (tertiary/aromatic N) is 2. The molecule has 1 fully saturated rings. The van der Waals surface area contributed by atoms with Crippen LogP contribution < -0.4 is 10.6 Å². The van der Waals surface area contributed by atoms with E-state index in [1.807, 2.05) is 20.8 Å². The van der Waals surface area contributed by atoms with Crippen LogP contribution in [0.4, 0.5) is 18.4 Å². The van der Waals surface area contributed by atoms with Crippen molar-refractivity contribution in [2.75, 3.05) is 7.05 Å². The van der Waals surface area contributed by atoms with Gasteiger partial charge in [-0.05, 0) is 35.6 Å². The molecule has 3 rings (SSSR count). The summed E-state index contributed by atoms with van der Waals surface area (Å²) in [6.45, 7) is 5.67. The number of hydrogen-bond acceptors (Lipinski definition) is 5. The van der Waals surface area contributed by atoms with Crippen LogP contribution in [-0.4, -0.2) is 41.6 Å². The summed E-state index contributed by atoms with van der Waals surface area (Å²) in [5.41, 5.74) is -2.56. The summed E-state index contributed by atoms with van der Waals surface area (Å²) in [5.74, 6) is -3.11. The molecule has 0 radical (unpaired) electrons. The van der Waals surface area contributed by atoms with Crippen LogP contribution in [0.15, 0.2) is 36.4 Å². The Morgan fingerprint density at radius 3 is 2.49 bits per heavy atom. The zero-order valence-electron chi connectivity index (χ0n) is 20.5. The van der Waals surface area contributed by atoms with Crippen LogP contribution in [0, 0.1) is 28.4 Å². The fourth-order valence-electron chi connectivity index (χ4n) is 4.92. The smallest absolute Gasteiger partial charge is 0.448 e. The van der Waals surface area contributed by atoms with Gasteiger partial charge < -0.3 is 15.3 Å². The molecule has 0 aliphatic carbocycles. The van der Waals surface area contributed by atoms with Gasteiger partial charge in [0.1, 0.15) is 23.2 Å². The van der Waals surface area contributed by atoms with Crippen LogP contribution in [-0.2, 0) is 10.3 Å². The number of benzene rings is 2. The van der Waals surface area contributed by atoms with Crippen molar-refractivity contribution in [2.45, 2.75) is 50.7 Å². The second-order valence-electron chi connectivity index (χ2n) is 9.89. The van der Waals surface area contributed by atoms with Crippen molar-refractivity contribution in [2.24, 2.45) is 5.41 Å². The Balaban J connectivity index is 2.43. The molecule has 4 atom stereocenters. The summed E-state index contributed by atoms with van der Waals surface area (Å²) in [6.07, 6.45) is -3.02. The highest BCUT2D eigenvalue weighted by atomic mass is 35.5. The summed E-state index contributed by atoms with van der Waals surface area (Å²) in [4.78, 5) is 29.1. The molecule has 0 spiro atoms. The van der Waals surface area contributed by atoms with Gasteiger partial charge in [-0.2, -0.15) is 5.26 Å². The molecular weight excluding hydrogens is 529 g/mol. The van der Waals surface area contributed by atoms with E-state index in [-0.39, 0.29) is 27.6 Å². The van der Waals surface area contributed by atoms with Crippen molar-refractivity contribution in [3.63, 3.8) is 0 Å². The van der Waals surface area contributed by atoms with Crippen LogP contribution in [0.5, 0.6) is 0 Å². The van der Waals surface area contributed by atoms with Gasteiger partial charge >= 0.3 is 12.2 Å². The number of hydroxylamine groups is 2. The summed E-state index contributed by atoms with van der Waals surface area (Å²) >= 11 is 12.1. The number of nitrogens with one attached hydrogen (secondary N) is 2. The minimum absolute atomic E-state index is 0.0795. The van der Waals surface area contributed by atoms with Gasteiger partial charge in [0.2, 0.25) is 0 Å². The molecule has 37 heavy (non-hydrogen) atoms. The maximum atomic E-state index is 15.6. The Labute approximate surface area is 223 Å². The van der Waals surface area contributed by atoms with E-state index in [9.17, 15) is 20.0 Å². The Morgan fingerprint density at radius 1 is 1.27 bits per heavy atom. The average Bonchev–Trinajstić information content (AvgIpc) is 3.11. The minimum atomic E-state index is -1.87. The highest BCUT2D eigenvalue weighted by Gasteiger charge is 2.62. The number of urea groups is 1. The first-order chi connectivity index (χ1) is 17.3. The van der Waals surface area contributed by atoms with Gasteiger partial charge in [0.15, 0.2) is 0 Å². The number of carbonyl (C=O) groups excluding carboxylic acids is 1. The SMILES string of the molecule is CNC(=O)N(OC(=O)O)[C@H]1N[C@@H](CC(C)(C)C)[C@](C#N)(c2ccc(Cl)cc2F)[C@H]1c1cccc(Cl)c1F. The second kappa shape index (κ2) is 10.7. The van der Waals surface area contributed by atoms with Crippen molar-refractivity contribution in [3.8, 4) is 6.07 Å². The molecule has 2 aromatic rings. The maximum Gasteiger partial charge on any atom is 0.531 e. The molecule has 0 bridgehead atoms. The first kappa shape index (κ1) is 28.4. The van der Waals surface area contributed by atoms with E-state index in [0.29, 0.717) is 5.06 Å². The molecule has 1 aliphatic rings. The van der Waals surface area contributed by atoms with Gasteiger partial charge in [-0.3, -0.25) is 5.32 Å². The van der Waals surface area contributed by atoms with Gasteiger partial charge in [0.05, 0.1) is 11.1 Å². The monoisotopic (exact) mass is 554 g/mol. The highest BCUT2D eigenvalue weighted by molar-refractivity contribution is 6.31. The van der Waals surface area contributed by atoms with Crippen molar-refractivity contribution in [1.29, 1.82) is 5.26 Å². The van der Waals surface area contributed by atoms with Crippen LogP contribution in [0.2, 0.25) is 10.0 Å². The van der Waals surface area contributed by atoms with E-state index in [1.54, 1.807) is 0 Å². The standard InChI is InChI=1S/C25H26Cl2F2N4O4/c1-24(2,3)11-18-25(12-30,15-9-8-13(26)10-17(15)28)19(14-6-5-7-16(27)20(14)29)21(32-18)33(22(34)31-4)37-23(35)36/h5-10,18-19,21,32H,11H2,1-4H3,(H,31,34)(H,35,36)/t18-,19-,21+,25-/m0/s1. The predicted molar refractivity (Wildman–Crippen MR) is 133 cm³/mol. The molecule has 1 heterocycles. The third kappa shape index (κ3) is 5.44. The molecule has 0 saturated carbocycles. The molecule has 8 nitrogen and oxygen atoms in total. The Kier molecular flexibility index (Phi) is 8.22. The lowest BCUT2D eigenvalue weighted by Crippen LogP contribution is -2.53. The summed E-state index contributed by atoms with van der Waals surface area (Å²) in [6, 6.07) is 8.15. The highest BCUT2D eigenvalue weighted by Crippen LogP contribution is 2.53. The van der Waals surface area contributed by atoms with Crippen molar-refractivity contribution < 1.29 is 28.3 Å². The largest absolute Gasteiger partial charge is 0.531 e. The van der Waals surface area contributed by atoms with Crippen molar-refractivity contribution in [3.05, 3.63) is 69.2 Å². The quantitative estimate of drug-likeness (QED) is 0.411. The molecule has 1 aliphatic heterocycles. The van der Waals surface area contributed by atoms with Crippen molar-refractivity contribution >= 4 is 35.4 Å². The molecule has 2 amide bonds. The number of halogens is 4. The lowest BCUT2D eigenvalue weighted by Gasteiger charge is -2.38. The topological polar surface area (TPSA) is 115 Å². The Hall–Kier alpha value is -3.13. The summed E-state index contributed by atoms with van der Waals surface area (Å²) < 4.78 is 31.2. The summed E-state index contributed by atoms with van der Waals surface area (Å²) in [5, 5.41) is 25.8. The zero-order chi connectivity index (χ0) is 27.7. The predicted octanol–water partition coefficient (Wildman–Crippen LogP) is 5.80. The number of carbonyl (C=O) groups is 2. The van der Waals surface area contributed by atoms with Gasteiger partial charge in [0.25, 0.3) is 0 Å². The summed E-state index contributed by atoms with van der Waals surface area (Å²) in [7, 11) is 1.24. The number of hydrogen-bond donors (Lipinski definition) is 3. The molecule has 0 aromatic heterocycles. The van der Waals surface area contributed by atoms with E-state index in [2.05, 4.69) is 16.7 Å². The molecule has 12 heteroatoms. The first-order valence-corrected chi connectivity index (χ1v) is 12.0. The Morgan fingerprint density at radius 2 is 1.95 bits per heavy atom. The van der Waals surface area contributed by atoms with E-state index in [4.69, 9.17) is 28.0 Å². The van der Waals surface area contributed by atoms with E-state index >= 15 is 8.78 Å². The van der Waals surface area contributed by atoms with Crippen LogP contribution in [0.1, 0.15) is 44.2 Å². The molecule has 1 saturated heterocycles. The Bertz CT molecular complexity index is 1250. The number of carboxylic acid groups (broad SMARTS) is 1. The van der Waals surface area contributed by atoms with E-state index in [0.717, 1.165) is 6.07 Å². The second-order valence-corrected chi connectivity index (χ2v) is 10.7. The fraction of sp³-hybridized carbons (Fsp3) is 0.400. The fourth-order valence-corrected chi connectivity index (χ4v) is 5.26. The molecule has 198 valence electrons. The lowest BCUT2D eigenvalue weighted by molar-refractivity contribution is -0.116. The van der Waals surface area contributed by atoms with Crippen LogP contribution >= 0.6 is 23.2 Å². The number of nitriles is 1. The van der Waals surface area contributed by atoms with Gasteiger partial charge in [-0.1, -0.05) is 62.2 Å². The third-order valence-corrected chi connectivity index (χ3v) is 6.79. The van der Waals surface area contributed by atoms with E-state index in [1.165, 1.54) is 37.4 Å². The molecule has 3 N–H and O–H groups in total. The van der Waals surface area contributed by atoms with Gasteiger partial charge in [-0.15, -0.1) is 5.06 Å². The first-order valence-electron chi connectivity index (χ1n) is 11.3.